The molecule has 1 saturated heterocycles. The second-order valence-corrected chi connectivity index (χ2v) is 9.11. The first-order valence-electron chi connectivity index (χ1n) is 9.45. The minimum absolute atomic E-state index is 0.0685. The number of Topliss-reactive ketones (excluding diaryl/α,β-unsaturated/α-hetero) is 1. The van der Waals surface area contributed by atoms with Crippen LogP contribution in [0.2, 0.25) is 0 Å². The lowest BCUT2D eigenvalue weighted by Gasteiger charge is -2.30. The number of carbonyl (C=O) groups excluding carboxylic acids is 2. The minimum Gasteiger partial charge on any atom is -0.326 e. The molecule has 1 fully saturated rings. The number of halogens is 1. The van der Waals surface area contributed by atoms with E-state index >= 15 is 0 Å². The molecular weight excluding hydrogens is 429 g/mol. The normalized spacial score (nSPS) is 15.4. The van der Waals surface area contributed by atoms with Crippen LogP contribution in [0, 0.1) is 21.8 Å². The monoisotopic (exact) mass is 449 g/mol. The van der Waals surface area contributed by atoms with Crippen molar-refractivity contribution < 1.29 is 27.3 Å². The Hall–Kier alpha value is -3.18. The van der Waals surface area contributed by atoms with E-state index in [9.17, 15) is 32.5 Å². The highest BCUT2D eigenvalue weighted by Gasteiger charge is 2.32. The van der Waals surface area contributed by atoms with Crippen molar-refractivity contribution in [3.63, 3.8) is 0 Å². The highest BCUT2D eigenvalue weighted by atomic mass is 32.2. The Labute approximate surface area is 178 Å². The third-order valence-corrected chi connectivity index (χ3v) is 7.05. The van der Waals surface area contributed by atoms with Crippen LogP contribution in [-0.2, 0) is 14.8 Å². The average Bonchev–Trinajstić information content (AvgIpc) is 2.75. The molecule has 1 aliphatic heterocycles. The van der Waals surface area contributed by atoms with Crippen LogP contribution in [0.15, 0.2) is 47.4 Å². The van der Waals surface area contributed by atoms with Gasteiger partial charge in [0, 0.05) is 36.3 Å². The van der Waals surface area contributed by atoms with Gasteiger partial charge in [-0.2, -0.15) is 8.70 Å². The quantitative estimate of drug-likeness (QED) is 0.410. The average molecular weight is 449 g/mol. The van der Waals surface area contributed by atoms with Crippen molar-refractivity contribution in [3.8, 4) is 0 Å². The van der Waals surface area contributed by atoms with Crippen molar-refractivity contribution in [2.24, 2.45) is 5.92 Å². The minimum atomic E-state index is -3.76. The summed E-state index contributed by atoms with van der Waals surface area (Å²) in [7, 11) is -3.76. The van der Waals surface area contributed by atoms with Crippen molar-refractivity contribution in [2.75, 3.05) is 18.4 Å². The van der Waals surface area contributed by atoms with Crippen molar-refractivity contribution in [1.29, 1.82) is 0 Å². The third-order valence-electron chi connectivity index (χ3n) is 5.13. The first-order valence-corrected chi connectivity index (χ1v) is 10.9. The lowest BCUT2D eigenvalue weighted by Crippen LogP contribution is -2.41. The van der Waals surface area contributed by atoms with E-state index in [1.807, 2.05) is 0 Å². The second-order valence-electron chi connectivity index (χ2n) is 7.17. The fourth-order valence-corrected chi connectivity index (χ4v) is 4.81. The molecule has 1 N–H and O–H groups in total. The molecule has 0 atom stereocenters. The predicted octanol–water partition coefficient (Wildman–Crippen LogP) is 2.98. The Morgan fingerprint density at radius 3 is 2.29 bits per heavy atom. The summed E-state index contributed by atoms with van der Waals surface area (Å²) in [6, 6.07) is 8.75. The number of nitro groups is 1. The smallest absolute Gasteiger partial charge is 0.306 e. The molecule has 1 heterocycles. The number of nitrogens with one attached hydrogen (secondary N) is 1. The summed E-state index contributed by atoms with van der Waals surface area (Å²) >= 11 is 0. The van der Waals surface area contributed by atoms with Gasteiger partial charge in [-0.05, 0) is 44.0 Å². The number of anilines is 1. The number of ketones is 1. The van der Waals surface area contributed by atoms with Gasteiger partial charge in [0.2, 0.25) is 21.7 Å². The number of carbonyl (C=O) groups is 2. The third kappa shape index (κ3) is 4.94. The molecule has 164 valence electrons. The molecule has 0 spiro atoms. The predicted molar refractivity (Wildman–Crippen MR) is 110 cm³/mol. The van der Waals surface area contributed by atoms with Gasteiger partial charge >= 0.3 is 5.69 Å². The zero-order valence-electron chi connectivity index (χ0n) is 16.6. The number of rotatable bonds is 6. The van der Waals surface area contributed by atoms with Crippen LogP contribution in [0.4, 0.5) is 15.8 Å². The Bertz CT molecular complexity index is 1130. The van der Waals surface area contributed by atoms with Gasteiger partial charge in [-0.25, -0.2) is 8.42 Å². The SMILES string of the molecule is CC(=O)c1ccc(S(=O)(=O)N2CCC(C(=O)Nc3ccc(F)c([N+](=O)[O-])c3)CC2)cc1. The zero-order chi connectivity index (χ0) is 22.8. The number of benzene rings is 2. The van der Waals surface area contributed by atoms with Gasteiger partial charge in [-0.3, -0.25) is 19.7 Å². The number of piperidine rings is 1. The van der Waals surface area contributed by atoms with E-state index < -0.39 is 38.3 Å². The summed E-state index contributed by atoms with van der Waals surface area (Å²) in [5.41, 5.74) is -0.233. The highest BCUT2D eigenvalue weighted by molar-refractivity contribution is 7.89. The van der Waals surface area contributed by atoms with E-state index in [-0.39, 0.29) is 42.3 Å². The summed E-state index contributed by atoms with van der Waals surface area (Å²) < 4.78 is 40.3. The fourth-order valence-electron chi connectivity index (χ4n) is 3.34. The fraction of sp³-hybridized carbons (Fsp3) is 0.300. The first kappa shape index (κ1) is 22.5. The van der Waals surface area contributed by atoms with E-state index in [2.05, 4.69) is 5.32 Å². The van der Waals surface area contributed by atoms with E-state index in [1.165, 1.54) is 41.6 Å². The van der Waals surface area contributed by atoms with Gasteiger partial charge < -0.3 is 5.32 Å². The summed E-state index contributed by atoms with van der Waals surface area (Å²) in [5.74, 6) is -2.07. The van der Waals surface area contributed by atoms with Crippen LogP contribution >= 0.6 is 0 Å². The molecule has 11 heteroatoms. The van der Waals surface area contributed by atoms with Crippen LogP contribution in [-0.4, -0.2) is 42.4 Å². The molecule has 2 aromatic carbocycles. The van der Waals surface area contributed by atoms with Crippen molar-refractivity contribution >= 4 is 33.1 Å². The van der Waals surface area contributed by atoms with Crippen molar-refractivity contribution in [1.82, 2.24) is 4.31 Å². The number of nitro benzene ring substituents is 1. The molecule has 9 nitrogen and oxygen atoms in total. The molecule has 0 radical (unpaired) electrons. The number of nitrogens with zero attached hydrogens (tertiary/aromatic N) is 2. The lowest BCUT2D eigenvalue weighted by molar-refractivity contribution is -0.387. The maximum absolute atomic E-state index is 13.4. The number of amides is 1. The van der Waals surface area contributed by atoms with E-state index in [4.69, 9.17) is 0 Å². The summed E-state index contributed by atoms with van der Waals surface area (Å²) in [4.78, 5) is 33.9. The summed E-state index contributed by atoms with van der Waals surface area (Å²) in [6.45, 7) is 1.64. The van der Waals surface area contributed by atoms with Crippen LogP contribution < -0.4 is 5.32 Å². The number of sulfonamides is 1. The Morgan fingerprint density at radius 2 is 1.74 bits per heavy atom. The Balaban J connectivity index is 1.63. The number of hydrogen-bond donors (Lipinski definition) is 1. The molecule has 0 unspecified atom stereocenters. The largest absolute Gasteiger partial charge is 0.326 e. The van der Waals surface area contributed by atoms with Crippen LogP contribution in [0.5, 0.6) is 0 Å². The van der Waals surface area contributed by atoms with Crippen LogP contribution in [0.1, 0.15) is 30.1 Å². The number of hydrogen-bond acceptors (Lipinski definition) is 6. The first-order chi connectivity index (χ1) is 14.6. The molecule has 0 aromatic heterocycles. The van der Waals surface area contributed by atoms with Crippen LogP contribution in [0.25, 0.3) is 0 Å². The van der Waals surface area contributed by atoms with Crippen molar-refractivity contribution in [2.45, 2.75) is 24.7 Å². The van der Waals surface area contributed by atoms with Crippen LogP contribution in [0.3, 0.4) is 0 Å². The van der Waals surface area contributed by atoms with E-state index in [0.29, 0.717) is 5.56 Å². The van der Waals surface area contributed by atoms with Gasteiger partial charge in [0.15, 0.2) is 5.78 Å². The molecule has 0 aliphatic carbocycles. The Morgan fingerprint density at radius 1 is 1.13 bits per heavy atom. The molecule has 1 amide bonds. The van der Waals surface area contributed by atoms with E-state index in [0.717, 1.165) is 12.1 Å². The molecule has 2 aromatic rings. The molecule has 0 saturated carbocycles. The molecule has 0 bridgehead atoms. The van der Waals surface area contributed by atoms with Crippen molar-refractivity contribution in [3.05, 3.63) is 64.0 Å². The molecular formula is C20H20FN3O6S. The van der Waals surface area contributed by atoms with Gasteiger partial charge in [0.05, 0.1) is 9.82 Å². The van der Waals surface area contributed by atoms with Gasteiger partial charge in [0.25, 0.3) is 0 Å². The summed E-state index contributed by atoms with van der Waals surface area (Å²) in [5, 5.41) is 13.4. The highest BCUT2D eigenvalue weighted by Crippen LogP contribution is 2.26. The maximum Gasteiger partial charge on any atom is 0.306 e. The molecule has 1 aliphatic rings. The molecule has 31 heavy (non-hydrogen) atoms. The molecule has 3 rings (SSSR count). The zero-order valence-corrected chi connectivity index (χ0v) is 17.4. The maximum atomic E-state index is 13.4. The standard InChI is InChI=1S/C20H20FN3O6S/c1-13(25)14-2-5-17(6-3-14)31(29,30)23-10-8-15(9-11-23)20(26)22-16-4-7-18(21)19(12-16)24(27)28/h2-7,12,15H,8-11H2,1H3,(H,22,26). The summed E-state index contributed by atoms with van der Waals surface area (Å²) in [6.07, 6.45) is 0.528. The van der Waals surface area contributed by atoms with Gasteiger partial charge in [-0.1, -0.05) is 12.1 Å². The Kier molecular flexibility index (Phi) is 6.46. The van der Waals surface area contributed by atoms with Gasteiger partial charge in [0.1, 0.15) is 0 Å². The second kappa shape index (κ2) is 8.90. The van der Waals surface area contributed by atoms with E-state index in [1.54, 1.807) is 0 Å². The van der Waals surface area contributed by atoms with Gasteiger partial charge in [-0.15, -0.1) is 0 Å². The topological polar surface area (TPSA) is 127 Å². The lowest BCUT2D eigenvalue weighted by atomic mass is 9.97.